The van der Waals surface area contributed by atoms with Crippen LogP contribution in [0.25, 0.3) is 0 Å². The van der Waals surface area contributed by atoms with E-state index in [4.69, 9.17) is 4.74 Å². The number of nitrogens with one attached hydrogen (secondary N) is 1. The minimum Gasteiger partial charge on any atom is -0.376 e. The summed E-state index contributed by atoms with van der Waals surface area (Å²) in [6.07, 6.45) is -3.74. The van der Waals surface area contributed by atoms with Crippen LogP contribution in [-0.4, -0.2) is 37.1 Å². The van der Waals surface area contributed by atoms with Crippen LogP contribution in [0.2, 0.25) is 0 Å². The van der Waals surface area contributed by atoms with E-state index in [-0.39, 0.29) is 31.0 Å². The predicted octanol–water partition coefficient (Wildman–Crippen LogP) is 1.30. The summed E-state index contributed by atoms with van der Waals surface area (Å²) in [5, 5.41) is 3.61. The molecule has 1 aromatic heterocycles. The van der Waals surface area contributed by atoms with Gasteiger partial charge in [0.2, 0.25) is 10.0 Å². The molecule has 126 valence electrons. The van der Waals surface area contributed by atoms with Crippen molar-refractivity contribution < 1.29 is 26.3 Å². The lowest BCUT2D eigenvalue weighted by atomic mass is 10.1. The van der Waals surface area contributed by atoms with Gasteiger partial charge >= 0.3 is 6.18 Å². The number of fused-ring (bicyclic) bond motifs is 1. The Hall–Kier alpha value is -1.13. The van der Waals surface area contributed by atoms with Gasteiger partial charge in [-0.15, -0.1) is 0 Å². The van der Waals surface area contributed by atoms with Crippen molar-refractivity contribution in [2.45, 2.75) is 39.1 Å². The largest absolute Gasteiger partial charge is 0.435 e. The maximum atomic E-state index is 13.0. The molecule has 0 aromatic carbocycles. The summed E-state index contributed by atoms with van der Waals surface area (Å²) in [6.45, 7) is 2.01. The van der Waals surface area contributed by atoms with E-state index in [0.29, 0.717) is 25.1 Å². The van der Waals surface area contributed by atoms with Gasteiger partial charge in [0.05, 0.1) is 25.5 Å². The highest BCUT2D eigenvalue weighted by Gasteiger charge is 2.39. The quantitative estimate of drug-likeness (QED) is 0.847. The van der Waals surface area contributed by atoms with Crippen LogP contribution in [0.5, 0.6) is 0 Å². The topological polar surface area (TPSA) is 73.2 Å². The highest BCUT2D eigenvalue weighted by Crippen LogP contribution is 2.34. The third-order valence-electron chi connectivity index (χ3n) is 3.28. The van der Waals surface area contributed by atoms with Gasteiger partial charge in [-0.05, 0) is 6.42 Å². The van der Waals surface area contributed by atoms with E-state index in [1.807, 2.05) is 0 Å². The van der Waals surface area contributed by atoms with Crippen LogP contribution in [0.15, 0.2) is 0 Å². The highest BCUT2D eigenvalue weighted by atomic mass is 32.2. The number of sulfonamides is 1. The molecule has 0 spiro atoms. The van der Waals surface area contributed by atoms with Crippen LogP contribution < -0.4 is 4.72 Å². The second-order valence-corrected chi connectivity index (χ2v) is 6.94. The van der Waals surface area contributed by atoms with Crippen molar-refractivity contribution in [3.8, 4) is 0 Å². The van der Waals surface area contributed by atoms with E-state index in [9.17, 15) is 21.6 Å². The Balaban J connectivity index is 2.13. The van der Waals surface area contributed by atoms with Crippen LogP contribution in [0.4, 0.5) is 13.2 Å². The Labute approximate surface area is 126 Å². The summed E-state index contributed by atoms with van der Waals surface area (Å²) in [7, 11) is -3.38. The van der Waals surface area contributed by atoms with Gasteiger partial charge < -0.3 is 4.74 Å². The van der Waals surface area contributed by atoms with Crippen molar-refractivity contribution in [1.29, 1.82) is 0 Å². The van der Waals surface area contributed by atoms with E-state index in [1.165, 1.54) is 4.68 Å². The van der Waals surface area contributed by atoms with Crippen molar-refractivity contribution in [2.24, 2.45) is 0 Å². The number of ether oxygens (including phenoxy) is 1. The second-order valence-electron chi connectivity index (χ2n) is 5.01. The van der Waals surface area contributed by atoms with Crippen molar-refractivity contribution in [3.63, 3.8) is 0 Å². The Morgan fingerprint density at radius 3 is 2.77 bits per heavy atom. The molecule has 1 aliphatic rings. The molecule has 1 aliphatic heterocycles. The van der Waals surface area contributed by atoms with Crippen LogP contribution >= 0.6 is 0 Å². The zero-order valence-corrected chi connectivity index (χ0v) is 12.9. The van der Waals surface area contributed by atoms with Gasteiger partial charge in [-0.25, -0.2) is 13.1 Å². The minimum absolute atomic E-state index is 0.00808. The molecule has 1 N–H and O–H groups in total. The Kier molecular flexibility index (Phi) is 5.13. The average molecular weight is 341 g/mol. The third kappa shape index (κ3) is 3.99. The molecule has 0 aliphatic carbocycles. The molecule has 0 amide bonds. The number of halogens is 3. The number of aromatic nitrogens is 2. The first-order chi connectivity index (χ1) is 10.2. The van der Waals surface area contributed by atoms with Gasteiger partial charge in [-0.2, -0.15) is 18.3 Å². The molecular weight excluding hydrogens is 323 g/mol. The normalized spacial score (nSPS) is 15.8. The number of hydrogen-bond donors (Lipinski definition) is 1. The minimum atomic E-state index is -4.54. The van der Waals surface area contributed by atoms with Crippen molar-refractivity contribution in [3.05, 3.63) is 17.0 Å². The summed E-state index contributed by atoms with van der Waals surface area (Å²) in [4.78, 5) is 0. The van der Waals surface area contributed by atoms with Crippen molar-refractivity contribution in [1.82, 2.24) is 14.5 Å². The number of alkyl halides is 3. The summed E-state index contributed by atoms with van der Waals surface area (Å²) in [6, 6.07) is 0. The van der Waals surface area contributed by atoms with E-state index < -0.39 is 21.9 Å². The van der Waals surface area contributed by atoms with E-state index in [2.05, 4.69) is 9.82 Å². The van der Waals surface area contributed by atoms with Crippen LogP contribution in [0.3, 0.4) is 0 Å². The van der Waals surface area contributed by atoms with Gasteiger partial charge in [-0.1, -0.05) is 6.92 Å². The molecule has 22 heavy (non-hydrogen) atoms. The molecule has 2 rings (SSSR count). The first-order valence-corrected chi connectivity index (χ1v) is 8.60. The number of rotatable bonds is 6. The fraction of sp³-hybridized carbons (Fsp3) is 0.750. The maximum absolute atomic E-state index is 13.0. The van der Waals surface area contributed by atoms with Gasteiger partial charge in [-0.3, -0.25) is 4.68 Å². The molecule has 1 aromatic rings. The summed E-state index contributed by atoms with van der Waals surface area (Å²) in [5.74, 6) is -0.00808. The molecule has 2 heterocycles. The summed E-state index contributed by atoms with van der Waals surface area (Å²) in [5.41, 5.74) is -0.429. The zero-order chi connectivity index (χ0) is 16.4. The Morgan fingerprint density at radius 1 is 1.41 bits per heavy atom. The maximum Gasteiger partial charge on any atom is 0.435 e. The molecule has 0 fully saturated rings. The molecular formula is C12H18F3N3O3S. The van der Waals surface area contributed by atoms with E-state index >= 15 is 0 Å². The molecule has 0 saturated heterocycles. The zero-order valence-electron chi connectivity index (χ0n) is 12.1. The molecule has 0 atom stereocenters. The van der Waals surface area contributed by atoms with Gasteiger partial charge in [0, 0.05) is 24.2 Å². The summed E-state index contributed by atoms with van der Waals surface area (Å²) >= 11 is 0. The number of nitrogens with zero attached hydrogens (tertiary/aromatic N) is 2. The smallest absolute Gasteiger partial charge is 0.376 e. The molecule has 0 bridgehead atoms. The van der Waals surface area contributed by atoms with Crippen LogP contribution in [0.1, 0.15) is 30.3 Å². The molecule has 0 unspecified atom stereocenters. The lowest BCUT2D eigenvalue weighted by Gasteiger charge is -2.15. The van der Waals surface area contributed by atoms with Crippen LogP contribution in [0, 0.1) is 0 Å². The molecule has 0 radical (unpaired) electrons. The first-order valence-electron chi connectivity index (χ1n) is 6.95. The third-order valence-corrected chi connectivity index (χ3v) is 4.87. The molecule has 0 saturated carbocycles. The first kappa shape index (κ1) is 17.2. The van der Waals surface area contributed by atoms with Crippen molar-refractivity contribution in [2.75, 3.05) is 18.9 Å². The van der Waals surface area contributed by atoms with Gasteiger partial charge in [0.25, 0.3) is 0 Å². The summed E-state index contributed by atoms with van der Waals surface area (Å²) < 4.78 is 70.6. The standard InChI is InChI=1S/C12H18F3N3O3S/c1-2-7-22(19,20)16-4-5-18-10-3-6-21-8-9(10)11(17-18)12(13,14)15/h16H,2-8H2,1H3. The predicted molar refractivity (Wildman–Crippen MR) is 72.7 cm³/mol. The lowest BCUT2D eigenvalue weighted by Crippen LogP contribution is -2.30. The van der Waals surface area contributed by atoms with Gasteiger partial charge in [0.15, 0.2) is 5.69 Å². The van der Waals surface area contributed by atoms with Crippen LogP contribution in [-0.2, 0) is 40.5 Å². The second kappa shape index (κ2) is 6.55. The molecule has 6 nitrogen and oxygen atoms in total. The SMILES string of the molecule is CCCS(=O)(=O)NCCn1nc(C(F)(F)F)c2c1CCOC2. The lowest BCUT2D eigenvalue weighted by molar-refractivity contribution is -0.142. The number of hydrogen-bond acceptors (Lipinski definition) is 4. The monoisotopic (exact) mass is 341 g/mol. The Morgan fingerprint density at radius 2 is 2.14 bits per heavy atom. The van der Waals surface area contributed by atoms with E-state index in [1.54, 1.807) is 6.92 Å². The average Bonchev–Trinajstić information content (AvgIpc) is 2.78. The Bertz CT molecular complexity index is 626. The highest BCUT2D eigenvalue weighted by molar-refractivity contribution is 7.89. The fourth-order valence-electron chi connectivity index (χ4n) is 2.37. The van der Waals surface area contributed by atoms with Crippen molar-refractivity contribution >= 4 is 10.0 Å². The van der Waals surface area contributed by atoms with Gasteiger partial charge in [0.1, 0.15) is 0 Å². The van der Waals surface area contributed by atoms with E-state index in [0.717, 1.165) is 0 Å². The molecule has 10 heteroatoms. The fourth-order valence-corrected chi connectivity index (χ4v) is 3.45.